The van der Waals surface area contributed by atoms with Crippen molar-refractivity contribution >= 4 is 17.9 Å². The molecule has 6 nitrogen and oxygen atoms in total. The lowest BCUT2D eigenvalue weighted by molar-refractivity contribution is -0.166. The third-order valence-corrected chi connectivity index (χ3v) is 8.86. The van der Waals surface area contributed by atoms with Crippen LogP contribution in [0.5, 0.6) is 0 Å². The van der Waals surface area contributed by atoms with Crippen LogP contribution in [0.15, 0.2) is 134 Å². The minimum Gasteiger partial charge on any atom is -0.462 e. The van der Waals surface area contributed by atoms with E-state index < -0.39 is 12.1 Å². The highest BCUT2D eigenvalue weighted by atomic mass is 16.6. The Morgan fingerprint density at radius 2 is 0.780 bits per heavy atom. The Morgan fingerprint density at radius 3 is 1.32 bits per heavy atom. The van der Waals surface area contributed by atoms with Gasteiger partial charge in [-0.15, -0.1) is 0 Å². The van der Waals surface area contributed by atoms with Gasteiger partial charge in [0.25, 0.3) is 0 Å². The van der Waals surface area contributed by atoms with Crippen LogP contribution < -0.4 is 0 Å². The normalized spacial score (nSPS) is 13.3. The second kappa shape index (κ2) is 46.2. The molecule has 0 aliphatic rings. The maximum atomic E-state index is 12.7. The molecule has 0 heterocycles. The third-order valence-electron chi connectivity index (χ3n) is 8.86. The fourth-order valence-electron chi connectivity index (χ4n) is 5.47. The molecule has 0 spiro atoms. The van der Waals surface area contributed by atoms with Gasteiger partial charge in [-0.3, -0.25) is 14.4 Å². The van der Waals surface area contributed by atoms with Crippen LogP contribution in [0.4, 0.5) is 0 Å². The first kappa shape index (κ1) is 54.6. The van der Waals surface area contributed by atoms with E-state index in [9.17, 15) is 14.4 Å². The fourth-order valence-corrected chi connectivity index (χ4v) is 5.47. The second-order valence-electron chi connectivity index (χ2n) is 14.4. The molecule has 0 amide bonds. The molecule has 0 aromatic heterocycles. The number of ether oxygens (including phenoxy) is 3. The van der Waals surface area contributed by atoms with Gasteiger partial charge in [-0.2, -0.15) is 0 Å². The summed E-state index contributed by atoms with van der Waals surface area (Å²) < 4.78 is 16.6. The number of rotatable bonds is 38. The first-order valence-corrected chi connectivity index (χ1v) is 22.8. The van der Waals surface area contributed by atoms with E-state index in [1.54, 1.807) is 0 Å². The summed E-state index contributed by atoms with van der Waals surface area (Å²) >= 11 is 0. The smallest absolute Gasteiger partial charge is 0.306 e. The highest BCUT2D eigenvalue weighted by molar-refractivity contribution is 5.71. The molecule has 0 aromatic rings. The van der Waals surface area contributed by atoms with Crippen molar-refractivity contribution < 1.29 is 28.6 Å². The minimum atomic E-state index is -0.851. The Balaban J connectivity index is 4.64. The molecule has 1 unspecified atom stereocenters. The summed E-state index contributed by atoms with van der Waals surface area (Å²) in [6.07, 6.45) is 64.5. The van der Waals surface area contributed by atoms with Gasteiger partial charge in [0.05, 0.1) is 0 Å². The zero-order valence-electron chi connectivity index (χ0n) is 37.2. The van der Waals surface area contributed by atoms with Crippen molar-refractivity contribution in [3.05, 3.63) is 134 Å². The van der Waals surface area contributed by atoms with Crippen molar-refractivity contribution in [1.29, 1.82) is 0 Å². The van der Waals surface area contributed by atoms with Gasteiger partial charge in [0.2, 0.25) is 0 Å². The van der Waals surface area contributed by atoms with Crippen LogP contribution in [0.3, 0.4) is 0 Å². The fraction of sp³-hybridized carbons (Fsp3) is 0.528. The molecule has 6 heteroatoms. The van der Waals surface area contributed by atoms with Crippen molar-refractivity contribution in [2.24, 2.45) is 0 Å². The van der Waals surface area contributed by atoms with Gasteiger partial charge in [0.15, 0.2) is 6.10 Å². The van der Waals surface area contributed by atoms with E-state index in [0.29, 0.717) is 25.7 Å². The second-order valence-corrected chi connectivity index (χ2v) is 14.4. The lowest BCUT2D eigenvalue weighted by Gasteiger charge is -2.18. The Bertz CT molecular complexity index is 1350. The van der Waals surface area contributed by atoms with Gasteiger partial charge in [0.1, 0.15) is 13.2 Å². The predicted molar refractivity (Wildman–Crippen MR) is 251 cm³/mol. The van der Waals surface area contributed by atoms with E-state index in [2.05, 4.69) is 69.4 Å². The molecule has 0 saturated heterocycles. The molecule has 1 atom stereocenters. The summed E-state index contributed by atoms with van der Waals surface area (Å²) in [5.41, 5.74) is 0. The largest absolute Gasteiger partial charge is 0.462 e. The Hall–Kier alpha value is -4.45. The van der Waals surface area contributed by atoms with Crippen LogP contribution in [0.2, 0.25) is 0 Å². The lowest BCUT2D eigenvalue weighted by Crippen LogP contribution is -2.30. The number of esters is 3. The standard InChI is InChI=1S/C53H80O6/c1-4-7-10-13-16-19-22-25-26-29-31-34-37-40-43-46-52(55)58-49-50(59-53(56)47-44-41-38-35-32-28-24-21-18-15-12-9-6-3)48-57-51(54)45-42-39-36-33-30-27-23-20-17-14-11-8-5-2/h7,9-10,12-13,15-16,18-19,21-22,24-28,30,32,35-36,38-39,50H,4-6,8,11,14,17,20,23,29,31,33-34,37,40-49H2,1-3H3/b10-7+,12-9+,16-13+,18-15+,22-19+,24-21+,26-25+,30-27+,32-28+,38-35+,39-36+. The first-order chi connectivity index (χ1) is 29.0. The number of hydrogen-bond donors (Lipinski definition) is 0. The average molecular weight is 813 g/mol. The van der Waals surface area contributed by atoms with Crippen molar-refractivity contribution in [1.82, 2.24) is 0 Å². The summed E-state index contributed by atoms with van der Waals surface area (Å²) in [7, 11) is 0. The maximum Gasteiger partial charge on any atom is 0.306 e. The Kier molecular flexibility index (Phi) is 42.8. The van der Waals surface area contributed by atoms with Crippen LogP contribution in [0.25, 0.3) is 0 Å². The van der Waals surface area contributed by atoms with E-state index >= 15 is 0 Å². The molecule has 0 saturated carbocycles. The minimum absolute atomic E-state index is 0.142. The Labute approximate surface area is 360 Å². The van der Waals surface area contributed by atoms with Gasteiger partial charge in [0, 0.05) is 19.3 Å². The van der Waals surface area contributed by atoms with Gasteiger partial charge in [-0.05, 0) is 70.6 Å². The van der Waals surface area contributed by atoms with Crippen molar-refractivity contribution in [2.45, 2.75) is 168 Å². The molecule has 0 bridgehead atoms. The summed E-state index contributed by atoms with van der Waals surface area (Å²) in [4.78, 5) is 37.7. The van der Waals surface area contributed by atoms with Crippen LogP contribution in [0, 0.1) is 0 Å². The molecular formula is C53H80O6. The molecule has 0 rings (SSSR count). The van der Waals surface area contributed by atoms with Crippen LogP contribution in [-0.4, -0.2) is 37.2 Å². The molecular weight excluding hydrogens is 733 g/mol. The predicted octanol–water partition coefficient (Wildman–Crippen LogP) is 14.7. The maximum absolute atomic E-state index is 12.7. The number of unbranched alkanes of at least 4 members (excludes halogenated alkanes) is 12. The SMILES string of the molecule is CC/C=C/C=C/C=C/C=C/C=C/CCCC(=O)OC(COC(=O)CC/C=C/C/C=C/CCCCCCCC)COC(=O)CCCCCCC/C=C/C=C/C=C/C=C/CC. The lowest BCUT2D eigenvalue weighted by atomic mass is 10.1. The van der Waals surface area contributed by atoms with Gasteiger partial charge >= 0.3 is 17.9 Å². The van der Waals surface area contributed by atoms with Crippen molar-refractivity contribution in [2.75, 3.05) is 13.2 Å². The van der Waals surface area contributed by atoms with Gasteiger partial charge in [-0.25, -0.2) is 0 Å². The van der Waals surface area contributed by atoms with Crippen LogP contribution in [-0.2, 0) is 28.6 Å². The number of hydrogen-bond acceptors (Lipinski definition) is 6. The summed E-state index contributed by atoms with van der Waals surface area (Å²) in [5, 5.41) is 0. The van der Waals surface area contributed by atoms with E-state index in [0.717, 1.165) is 64.2 Å². The number of allylic oxidation sites excluding steroid dienone is 22. The monoisotopic (exact) mass is 813 g/mol. The molecule has 0 aliphatic carbocycles. The zero-order chi connectivity index (χ0) is 43.0. The Morgan fingerprint density at radius 1 is 0.373 bits per heavy atom. The number of carbonyl (C=O) groups is 3. The van der Waals surface area contributed by atoms with Gasteiger partial charge < -0.3 is 14.2 Å². The number of carbonyl (C=O) groups excluding carboxylic acids is 3. The summed E-state index contributed by atoms with van der Waals surface area (Å²) in [6, 6.07) is 0. The van der Waals surface area contributed by atoms with Crippen molar-refractivity contribution in [3.63, 3.8) is 0 Å². The molecule has 0 radical (unpaired) electrons. The molecule has 0 fully saturated rings. The van der Waals surface area contributed by atoms with E-state index in [4.69, 9.17) is 14.2 Å². The highest BCUT2D eigenvalue weighted by Gasteiger charge is 2.19. The van der Waals surface area contributed by atoms with Gasteiger partial charge in [-0.1, -0.05) is 206 Å². The van der Waals surface area contributed by atoms with E-state index in [1.165, 1.54) is 38.5 Å². The highest BCUT2D eigenvalue weighted by Crippen LogP contribution is 2.11. The van der Waals surface area contributed by atoms with Crippen LogP contribution >= 0.6 is 0 Å². The topological polar surface area (TPSA) is 78.9 Å². The summed E-state index contributed by atoms with van der Waals surface area (Å²) in [5.74, 6) is -1.12. The van der Waals surface area contributed by atoms with Crippen LogP contribution in [0.1, 0.15) is 162 Å². The first-order valence-electron chi connectivity index (χ1n) is 22.8. The molecule has 59 heavy (non-hydrogen) atoms. The van der Waals surface area contributed by atoms with Crippen molar-refractivity contribution in [3.8, 4) is 0 Å². The average Bonchev–Trinajstić information content (AvgIpc) is 3.23. The zero-order valence-corrected chi connectivity index (χ0v) is 37.2. The summed E-state index contributed by atoms with van der Waals surface area (Å²) in [6.45, 7) is 6.17. The molecule has 0 aliphatic heterocycles. The quantitative estimate of drug-likeness (QED) is 0.0203. The molecule has 328 valence electrons. The molecule has 0 aromatic carbocycles. The molecule has 0 N–H and O–H groups in total. The van der Waals surface area contributed by atoms with E-state index in [-0.39, 0.29) is 38.0 Å². The van der Waals surface area contributed by atoms with E-state index in [1.807, 2.05) is 85.1 Å². The third kappa shape index (κ3) is 44.5.